The van der Waals surface area contributed by atoms with Gasteiger partial charge in [-0.15, -0.1) is 0 Å². The number of nitrogens with zero attached hydrogens (tertiary/aromatic N) is 2. The van der Waals surface area contributed by atoms with Crippen LogP contribution in [0.15, 0.2) is 30.3 Å². The molecule has 1 amide bonds. The van der Waals surface area contributed by atoms with Crippen molar-refractivity contribution in [3.05, 3.63) is 47.4 Å². The lowest BCUT2D eigenvalue weighted by atomic mass is 10.0. The van der Waals surface area contributed by atoms with Crippen molar-refractivity contribution in [2.45, 2.75) is 26.7 Å². The predicted molar refractivity (Wildman–Crippen MR) is 94.8 cm³/mol. The summed E-state index contributed by atoms with van der Waals surface area (Å²) in [6, 6.07) is 9.73. The molecule has 0 aliphatic carbocycles. The summed E-state index contributed by atoms with van der Waals surface area (Å²) in [6.07, 6.45) is 0. The number of benzene rings is 1. The number of ether oxygens (including phenoxy) is 1. The normalized spacial score (nSPS) is 10.7. The van der Waals surface area contributed by atoms with Gasteiger partial charge in [-0.25, -0.2) is 9.97 Å². The highest BCUT2D eigenvalue weighted by Crippen LogP contribution is 2.26. The van der Waals surface area contributed by atoms with Gasteiger partial charge in [-0.3, -0.25) is 4.79 Å². The van der Waals surface area contributed by atoms with Gasteiger partial charge in [0.1, 0.15) is 17.3 Å². The lowest BCUT2D eigenvalue weighted by Gasteiger charge is -2.14. The molecule has 0 atom stereocenters. The maximum atomic E-state index is 12.2. The molecule has 0 spiro atoms. The maximum absolute atomic E-state index is 12.2. The summed E-state index contributed by atoms with van der Waals surface area (Å²) in [7, 11) is 1.59. The molecule has 24 heavy (non-hydrogen) atoms. The Morgan fingerprint density at radius 2 is 2.00 bits per heavy atom. The van der Waals surface area contributed by atoms with Gasteiger partial charge < -0.3 is 15.4 Å². The number of carbonyl (C=O) groups excluding carboxylic acids is 1. The van der Waals surface area contributed by atoms with Gasteiger partial charge in [0, 0.05) is 25.4 Å². The zero-order chi connectivity index (χ0) is 17.5. The first kappa shape index (κ1) is 17.9. The minimum absolute atomic E-state index is 0.238. The molecule has 2 N–H and O–H groups in total. The Kier molecular flexibility index (Phi) is 6.26. The summed E-state index contributed by atoms with van der Waals surface area (Å²) < 4.78 is 4.93. The molecule has 2 aromatic rings. The Bertz CT molecular complexity index is 701. The number of anilines is 2. The summed E-state index contributed by atoms with van der Waals surface area (Å²) in [6.45, 7) is 6.95. The lowest BCUT2D eigenvalue weighted by Crippen LogP contribution is -2.28. The van der Waals surface area contributed by atoms with E-state index in [2.05, 4.69) is 40.5 Å². The number of hydrogen-bond acceptors (Lipinski definition) is 5. The monoisotopic (exact) mass is 328 g/mol. The van der Waals surface area contributed by atoms with Crippen LogP contribution < -0.4 is 10.6 Å². The van der Waals surface area contributed by atoms with Crippen molar-refractivity contribution in [2.24, 2.45) is 0 Å². The number of nitrogens with one attached hydrogen (secondary N) is 2. The van der Waals surface area contributed by atoms with Crippen LogP contribution in [0.5, 0.6) is 0 Å². The SMILES string of the molecule is COCCNC(=O)c1cc(Nc2ccccc2C(C)C)nc(C)n1. The lowest BCUT2D eigenvalue weighted by molar-refractivity contribution is 0.0932. The van der Waals surface area contributed by atoms with Crippen LogP contribution in [0.4, 0.5) is 11.5 Å². The van der Waals surface area contributed by atoms with Gasteiger partial charge in [0.15, 0.2) is 0 Å². The van der Waals surface area contributed by atoms with E-state index in [4.69, 9.17) is 4.74 Å². The van der Waals surface area contributed by atoms with Crippen molar-refractivity contribution in [2.75, 3.05) is 25.6 Å². The minimum atomic E-state index is -0.238. The zero-order valence-electron chi connectivity index (χ0n) is 14.6. The van der Waals surface area contributed by atoms with E-state index in [0.717, 1.165) is 5.69 Å². The van der Waals surface area contributed by atoms with Crippen molar-refractivity contribution >= 4 is 17.4 Å². The van der Waals surface area contributed by atoms with Crippen molar-refractivity contribution in [1.29, 1.82) is 0 Å². The summed E-state index contributed by atoms with van der Waals surface area (Å²) >= 11 is 0. The number of aryl methyl sites for hydroxylation is 1. The zero-order valence-corrected chi connectivity index (χ0v) is 14.6. The summed E-state index contributed by atoms with van der Waals surface area (Å²) in [5, 5.41) is 6.07. The Labute approximate surface area is 142 Å². The number of carbonyl (C=O) groups is 1. The van der Waals surface area contributed by atoms with Crippen LogP contribution in [-0.4, -0.2) is 36.1 Å². The fraction of sp³-hybridized carbons (Fsp3) is 0.389. The van der Waals surface area contributed by atoms with Crippen molar-refractivity contribution in [3.63, 3.8) is 0 Å². The van der Waals surface area contributed by atoms with Gasteiger partial charge in [-0.2, -0.15) is 0 Å². The van der Waals surface area contributed by atoms with Gasteiger partial charge in [0.25, 0.3) is 5.91 Å². The largest absolute Gasteiger partial charge is 0.383 e. The van der Waals surface area contributed by atoms with E-state index in [1.165, 1.54) is 5.56 Å². The van der Waals surface area contributed by atoms with Gasteiger partial charge in [-0.1, -0.05) is 32.0 Å². The van der Waals surface area contributed by atoms with E-state index in [1.54, 1.807) is 20.1 Å². The van der Waals surface area contributed by atoms with Crippen LogP contribution in [0.2, 0.25) is 0 Å². The molecule has 6 nitrogen and oxygen atoms in total. The van der Waals surface area contributed by atoms with E-state index in [-0.39, 0.29) is 5.91 Å². The second-order valence-corrected chi connectivity index (χ2v) is 5.80. The smallest absolute Gasteiger partial charge is 0.270 e. The number of amides is 1. The third-order valence-electron chi connectivity index (χ3n) is 3.51. The molecule has 1 aromatic carbocycles. The number of rotatable bonds is 7. The molecule has 0 saturated carbocycles. The number of para-hydroxylation sites is 1. The highest BCUT2D eigenvalue weighted by Gasteiger charge is 2.12. The first-order valence-electron chi connectivity index (χ1n) is 8.00. The van der Waals surface area contributed by atoms with Crippen molar-refractivity contribution in [3.8, 4) is 0 Å². The molecule has 2 rings (SSSR count). The molecule has 0 aliphatic heterocycles. The third kappa shape index (κ3) is 4.76. The summed E-state index contributed by atoms with van der Waals surface area (Å²) in [5.41, 5.74) is 2.51. The first-order valence-corrected chi connectivity index (χ1v) is 8.00. The van der Waals surface area contributed by atoms with E-state index in [9.17, 15) is 4.79 Å². The predicted octanol–water partition coefficient (Wildman–Crippen LogP) is 3.03. The number of aromatic nitrogens is 2. The van der Waals surface area contributed by atoms with Crippen LogP contribution in [-0.2, 0) is 4.74 Å². The Morgan fingerprint density at radius 3 is 2.71 bits per heavy atom. The quantitative estimate of drug-likeness (QED) is 0.764. The van der Waals surface area contributed by atoms with E-state index in [0.29, 0.717) is 36.4 Å². The topological polar surface area (TPSA) is 76.1 Å². The van der Waals surface area contributed by atoms with E-state index in [1.807, 2.05) is 18.2 Å². The average molecular weight is 328 g/mol. The van der Waals surface area contributed by atoms with Crippen molar-refractivity contribution < 1.29 is 9.53 Å². The Morgan fingerprint density at radius 1 is 1.25 bits per heavy atom. The Balaban J connectivity index is 2.21. The van der Waals surface area contributed by atoms with Gasteiger partial charge in [-0.05, 0) is 24.5 Å². The molecule has 1 heterocycles. The third-order valence-corrected chi connectivity index (χ3v) is 3.51. The second kappa shape index (κ2) is 8.40. The molecule has 0 bridgehead atoms. The average Bonchev–Trinajstić information content (AvgIpc) is 2.54. The van der Waals surface area contributed by atoms with Crippen LogP contribution in [0, 0.1) is 6.92 Å². The van der Waals surface area contributed by atoms with Crippen LogP contribution in [0.1, 0.15) is 41.6 Å². The van der Waals surface area contributed by atoms with Gasteiger partial charge in [0.2, 0.25) is 0 Å². The highest BCUT2D eigenvalue weighted by molar-refractivity contribution is 5.93. The summed E-state index contributed by atoms with van der Waals surface area (Å²) in [5.74, 6) is 1.29. The molecular weight excluding hydrogens is 304 g/mol. The molecule has 6 heteroatoms. The van der Waals surface area contributed by atoms with Gasteiger partial charge >= 0.3 is 0 Å². The highest BCUT2D eigenvalue weighted by atomic mass is 16.5. The molecule has 0 saturated heterocycles. The maximum Gasteiger partial charge on any atom is 0.270 e. The molecule has 128 valence electrons. The molecule has 0 aliphatic rings. The van der Waals surface area contributed by atoms with E-state index >= 15 is 0 Å². The standard InChI is InChI=1S/C18H24N4O2/c1-12(2)14-7-5-6-8-15(14)22-17-11-16(20-13(3)21-17)18(23)19-9-10-24-4/h5-8,11-12H,9-10H2,1-4H3,(H,19,23)(H,20,21,22). The number of hydrogen-bond donors (Lipinski definition) is 2. The molecule has 0 radical (unpaired) electrons. The molecule has 0 unspecified atom stereocenters. The van der Waals surface area contributed by atoms with Gasteiger partial charge in [0.05, 0.1) is 6.61 Å². The van der Waals surface area contributed by atoms with Crippen LogP contribution in [0.3, 0.4) is 0 Å². The van der Waals surface area contributed by atoms with Crippen LogP contribution >= 0.6 is 0 Å². The molecule has 1 aromatic heterocycles. The van der Waals surface area contributed by atoms with E-state index < -0.39 is 0 Å². The fourth-order valence-corrected chi connectivity index (χ4v) is 2.36. The van der Waals surface area contributed by atoms with Crippen molar-refractivity contribution in [1.82, 2.24) is 15.3 Å². The number of methoxy groups -OCH3 is 1. The second-order valence-electron chi connectivity index (χ2n) is 5.80. The fourth-order valence-electron chi connectivity index (χ4n) is 2.36. The first-order chi connectivity index (χ1) is 11.5. The summed E-state index contributed by atoms with van der Waals surface area (Å²) in [4.78, 5) is 20.8. The molecular formula is C18H24N4O2. The van der Waals surface area contributed by atoms with Crippen LogP contribution in [0.25, 0.3) is 0 Å². The molecule has 0 fully saturated rings. The minimum Gasteiger partial charge on any atom is -0.383 e. The Hall–Kier alpha value is -2.47.